The van der Waals surface area contributed by atoms with Gasteiger partial charge in [-0.3, -0.25) is 0 Å². The molecule has 0 heterocycles. The summed E-state index contributed by atoms with van der Waals surface area (Å²) < 4.78 is 0. The van der Waals surface area contributed by atoms with Crippen LogP contribution in [0.25, 0.3) is 0 Å². The minimum atomic E-state index is 0. The summed E-state index contributed by atoms with van der Waals surface area (Å²) in [5.41, 5.74) is 0. The summed E-state index contributed by atoms with van der Waals surface area (Å²) in [5, 5.41) is 0. The Morgan fingerprint density at radius 3 is 1.00 bits per heavy atom. The Balaban J connectivity index is 0. The Kier molecular flexibility index (Phi) is 103. The van der Waals surface area contributed by atoms with Gasteiger partial charge in [0, 0.05) is 35.6 Å². The van der Waals surface area contributed by atoms with E-state index in [0.717, 1.165) is 0 Å². The van der Waals surface area contributed by atoms with E-state index in [1.165, 1.54) is 0 Å². The van der Waals surface area contributed by atoms with Crippen LogP contribution in [-0.4, -0.2) is 78.3 Å². The Morgan fingerprint density at radius 1 is 1.00 bits per heavy atom. The molecule has 0 rings (SSSR count). The average Bonchev–Trinajstić information content (AvgIpc) is 0. The maximum absolute atomic E-state index is 0. The summed E-state index contributed by atoms with van der Waals surface area (Å²) in [6.07, 6.45) is 0. The van der Waals surface area contributed by atoms with Crippen LogP contribution in [0, 0.1) is 35.6 Å². The number of hydrogen-bond donors (Lipinski definition) is 0. The Labute approximate surface area is 111 Å². The van der Waals surface area contributed by atoms with Crippen molar-refractivity contribution in [3.63, 3.8) is 0 Å². The summed E-state index contributed by atoms with van der Waals surface area (Å²) >= 11 is 0. The molecule has 0 aromatic heterocycles. The molecule has 0 amide bonds. The van der Waals surface area contributed by atoms with E-state index in [0.29, 0.717) is 0 Å². The Bertz CT molecular complexity index is 8.00. The SMILES string of the molecule is O.[BaH2].[La].[SnH2]. The van der Waals surface area contributed by atoms with Gasteiger partial charge in [-0.05, 0) is 0 Å². The van der Waals surface area contributed by atoms with Crippen molar-refractivity contribution in [3.8, 4) is 0 Å². The van der Waals surface area contributed by atoms with Crippen molar-refractivity contribution in [1.82, 2.24) is 0 Å². The van der Waals surface area contributed by atoms with Crippen molar-refractivity contribution < 1.29 is 41.1 Å². The maximum atomic E-state index is 0. The molecule has 0 spiro atoms. The van der Waals surface area contributed by atoms with Crippen LogP contribution in [-0.2, 0) is 0 Å². The van der Waals surface area contributed by atoms with Gasteiger partial charge in [0.25, 0.3) is 0 Å². The molecule has 2 N–H and O–H groups in total. The molecule has 1 nitrogen and oxygen atoms in total. The fraction of sp³-hybridized carbons (Fsp3) is 0. The first-order valence-corrected chi connectivity index (χ1v) is 0. The molecule has 4 heavy (non-hydrogen) atoms. The topological polar surface area (TPSA) is 31.5 Å². The molecular weight excluding hydrogens is 411 g/mol. The third-order valence-electron chi connectivity index (χ3n) is 0. The second-order valence-electron chi connectivity index (χ2n) is 0. The van der Waals surface area contributed by atoms with Crippen LogP contribution in [0.1, 0.15) is 0 Å². The van der Waals surface area contributed by atoms with Crippen molar-refractivity contribution in [3.05, 3.63) is 0 Å². The van der Waals surface area contributed by atoms with Gasteiger partial charge in [-0.15, -0.1) is 0 Å². The first-order chi connectivity index (χ1) is 0. The normalized spacial score (nSPS) is 0. The van der Waals surface area contributed by atoms with Gasteiger partial charge < -0.3 is 5.48 Å². The third kappa shape index (κ3) is 9.10. The van der Waals surface area contributed by atoms with Crippen LogP contribution in [0.4, 0.5) is 0 Å². The van der Waals surface area contributed by atoms with Crippen molar-refractivity contribution in [2.24, 2.45) is 0 Å². The van der Waals surface area contributed by atoms with Gasteiger partial charge in [-0.1, -0.05) is 0 Å². The molecule has 0 unspecified atom stereocenters. The van der Waals surface area contributed by atoms with Gasteiger partial charge in [0.2, 0.25) is 0 Å². The summed E-state index contributed by atoms with van der Waals surface area (Å²) in [4.78, 5) is 0. The Hall–Kier alpha value is 3.52. The minimum absolute atomic E-state index is 0. The van der Waals surface area contributed by atoms with Gasteiger partial charge >= 0.3 is 72.8 Å². The monoisotopic (exact) mass is 419 g/mol. The second-order valence-corrected chi connectivity index (χ2v) is 0. The van der Waals surface area contributed by atoms with E-state index in [1.807, 2.05) is 0 Å². The van der Waals surface area contributed by atoms with Gasteiger partial charge in [-0.2, -0.15) is 0 Å². The molecule has 0 aromatic carbocycles. The van der Waals surface area contributed by atoms with E-state index in [-0.39, 0.29) is 114 Å². The van der Waals surface area contributed by atoms with Gasteiger partial charge in [-0.25, -0.2) is 0 Å². The fourth-order valence-electron chi connectivity index (χ4n) is 0. The van der Waals surface area contributed by atoms with E-state index in [2.05, 4.69) is 0 Å². The van der Waals surface area contributed by atoms with E-state index >= 15 is 0 Å². The summed E-state index contributed by atoms with van der Waals surface area (Å²) in [6.45, 7) is 0. The summed E-state index contributed by atoms with van der Waals surface area (Å²) in [6, 6.07) is 0. The summed E-state index contributed by atoms with van der Waals surface area (Å²) in [5.74, 6) is 0. The first-order valence-electron chi connectivity index (χ1n) is 0. The average molecular weight is 417 g/mol. The van der Waals surface area contributed by atoms with Crippen LogP contribution < -0.4 is 0 Å². The number of hydrogen-bond acceptors (Lipinski definition) is 0. The predicted molar refractivity (Wildman–Crippen MR) is 20.7 cm³/mol. The zero-order valence-corrected chi connectivity index (χ0v) is 9.45. The molecule has 3 radical (unpaired) electrons. The molecule has 0 bridgehead atoms. The van der Waals surface area contributed by atoms with Gasteiger partial charge in [0.05, 0.1) is 0 Å². The van der Waals surface area contributed by atoms with Crippen molar-refractivity contribution in [2.75, 3.05) is 0 Å². The van der Waals surface area contributed by atoms with Crippen LogP contribution in [0.5, 0.6) is 0 Å². The van der Waals surface area contributed by atoms with Crippen LogP contribution in [0.15, 0.2) is 0 Å². The molecule has 0 saturated heterocycles. The molecule has 0 fully saturated rings. The molecule has 0 atom stereocenters. The quantitative estimate of drug-likeness (QED) is 0.386. The van der Waals surface area contributed by atoms with Crippen molar-refractivity contribution in [1.29, 1.82) is 0 Å². The number of rotatable bonds is 0. The standard InChI is InChI=1S/Ba.La.H2O.Sn.4H/h;;1H2;;;;;. The molecule has 0 aliphatic heterocycles. The van der Waals surface area contributed by atoms with E-state index < -0.39 is 0 Å². The predicted octanol–water partition coefficient (Wildman–Crippen LogP) is -2.66. The molecule has 4 heteroatoms. The molecular formula is H6BaLaOSn. The van der Waals surface area contributed by atoms with Crippen LogP contribution >= 0.6 is 0 Å². The van der Waals surface area contributed by atoms with Gasteiger partial charge in [0.15, 0.2) is 0 Å². The molecule has 0 aliphatic rings. The zero-order valence-electron chi connectivity index (χ0n) is 1.78. The van der Waals surface area contributed by atoms with E-state index in [4.69, 9.17) is 0 Å². The fourth-order valence-corrected chi connectivity index (χ4v) is 0. The second kappa shape index (κ2) is 16.0. The Morgan fingerprint density at radius 2 is 1.00 bits per heavy atom. The molecule has 0 aliphatic carbocycles. The van der Waals surface area contributed by atoms with E-state index in [9.17, 15) is 0 Å². The van der Waals surface area contributed by atoms with Crippen molar-refractivity contribution >= 4 is 72.8 Å². The van der Waals surface area contributed by atoms with Crippen molar-refractivity contribution in [2.45, 2.75) is 0 Å². The third-order valence-corrected chi connectivity index (χ3v) is 0. The molecule has 0 saturated carbocycles. The first kappa shape index (κ1) is 25.8. The van der Waals surface area contributed by atoms with Crippen LogP contribution in [0.3, 0.4) is 0 Å². The zero-order chi connectivity index (χ0) is 0. The van der Waals surface area contributed by atoms with E-state index in [1.54, 1.807) is 0 Å². The summed E-state index contributed by atoms with van der Waals surface area (Å²) in [7, 11) is 0. The van der Waals surface area contributed by atoms with Gasteiger partial charge in [0.1, 0.15) is 0 Å². The molecule has 0 aromatic rings. The molecule has 21 valence electrons. The van der Waals surface area contributed by atoms with Crippen LogP contribution in [0.2, 0.25) is 0 Å².